The molecule has 0 atom stereocenters. The predicted molar refractivity (Wildman–Crippen MR) is 94.1 cm³/mol. The van der Waals surface area contributed by atoms with Gasteiger partial charge in [0.1, 0.15) is 6.61 Å². The lowest BCUT2D eigenvalue weighted by Gasteiger charge is -2.07. The zero-order valence-corrected chi connectivity index (χ0v) is 14.5. The second kappa shape index (κ2) is 8.38. The van der Waals surface area contributed by atoms with Crippen molar-refractivity contribution in [1.82, 2.24) is 15.2 Å². The van der Waals surface area contributed by atoms with Crippen LogP contribution >= 0.6 is 0 Å². The van der Waals surface area contributed by atoms with Crippen molar-refractivity contribution in [3.05, 3.63) is 36.0 Å². The quantitative estimate of drug-likeness (QED) is 0.605. The average molecular weight is 331 g/mol. The zero-order valence-electron chi connectivity index (χ0n) is 14.5. The molecule has 0 unspecified atom stereocenters. The van der Waals surface area contributed by atoms with E-state index in [9.17, 15) is 9.59 Å². The van der Waals surface area contributed by atoms with Crippen LogP contribution in [0.2, 0.25) is 0 Å². The van der Waals surface area contributed by atoms with Gasteiger partial charge in [0.2, 0.25) is 0 Å². The molecular weight excluding hydrogens is 306 g/mol. The number of hydrogen-bond acceptors (Lipinski definition) is 3. The maximum absolute atomic E-state index is 12.4. The highest BCUT2D eigenvalue weighted by Crippen LogP contribution is 2.23. The van der Waals surface area contributed by atoms with Gasteiger partial charge in [-0.15, -0.1) is 0 Å². The van der Waals surface area contributed by atoms with Crippen molar-refractivity contribution < 1.29 is 14.3 Å². The summed E-state index contributed by atoms with van der Waals surface area (Å²) in [6.07, 6.45) is 1.85. The van der Waals surface area contributed by atoms with Crippen LogP contribution < -0.4 is 10.6 Å². The summed E-state index contributed by atoms with van der Waals surface area (Å²) in [6.45, 7) is 7.93. The van der Waals surface area contributed by atoms with Gasteiger partial charge in [-0.2, -0.15) is 0 Å². The fourth-order valence-electron chi connectivity index (χ4n) is 2.56. The van der Waals surface area contributed by atoms with Gasteiger partial charge in [0, 0.05) is 30.2 Å². The fraction of sp³-hybridized carbons (Fsp3) is 0.444. The average Bonchev–Trinajstić information content (AvgIpc) is 2.90. The molecule has 0 saturated heterocycles. The van der Waals surface area contributed by atoms with E-state index in [-0.39, 0.29) is 25.2 Å². The van der Waals surface area contributed by atoms with Crippen LogP contribution in [-0.2, 0) is 11.3 Å². The summed E-state index contributed by atoms with van der Waals surface area (Å²) < 4.78 is 7.38. The first kappa shape index (κ1) is 17.8. The lowest BCUT2D eigenvalue weighted by molar-refractivity contribution is 0.0512. The predicted octanol–water partition coefficient (Wildman–Crippen LogP) is 2.77. The van der Waals surface area contributed by atoms with Crippen LogP contribution in [0.1, 0.15) is 31.1 Å². The molecule has 2 N–H and O–H groups in total. The van der Waals surface area contributed by atoms with E-state index >= 15 is 0 Å². The fourth-order valence-corrected chi connectivity index (χ4v) is 2.56. The minimum absolute atomic E-state index is 0.139. The van der Waals surface area contributed by atoms with Gasteiger partial charge >= 0.3 is 12.0 Å². The molecule has 0 spiro atoms. The van der Waals surface area contributed by atoms with Crippen molar-refractivity contribution in [3.63, 3.8) is 0 Å². The van der Waals surface area contributed by atoms with Gasteiger partial charge in [-0.3, -0.25) is 0 Å². The van der Waals surface area contributed by atoms with Crippen LogP contribution in [0.4, 0.5) is 4.79 Å². The van der Waals surface area contributed by atoms with Gasteiger partial charge < -0.3 is 19.9 Å². The lowest BCUT2D eigenvalue weighted by atomic mass is 10.2. The van der Waals surface area contributed by atoms with E-state index in [1.165, 1.54) is 0 Å². The molecule has 0 fully saturated rings. The van der Waals surface area contributed by atoms with E-state index < -0.39 is 0 Å². The third-order valence-corrected chi connectivity index (χ3v) is 3.53. The number of hydrogen-bond donors (Lipinski definition) is 2. The SMILES string of the molecule is CCNC(=O)NCCOC(=O)c1cn(CC(C)C)c2ccccc12. The molecule has 24 heavy (non-hydrogen) atoms. The first-order valence-electron chi connectivity index (χ1n) is 8.29. The molecule has 2 amide bonds. The highest BCUT2D eigenvalue weighted by Gasteiger charge is 2.16. The molecule has 0 saturated carbocycles. The molecule has 1 aromatic carbocycles. The minimum Gasteiger partial charge on any atom is -0.460 e. The summed E-state index contributed by atoms with van der Waals surface area (Å²) in [6, 6.07) is 7.54. The van der Waals surface area contributed by atoms with Gasteiger partial charge in [0.05, 0.1) is 12.1 Å². The summed E-state index contributed by atoms with van der Waals surface area (Å²) in [5.74, 6) is 0.109. The molecule has 1 aromatic heterocycles. The smallest absolute Gasteiger partial charge is 0.340 e. The molecule has 130 valence electrons. The maximum atomic E-state index is 12.4. The Morgan fingerprint density at radius 2 is 1.96 bits per heavy atom. The van der Waals surface area contributed by atoms with Gasteiger partial charge in [-0.25, -0.2) is 9.59 Å². The molecule has 2 rings (SSSR count). The molecule has 0 radical (unpaired) electrons. The molecule has 2 aromatic rings. The number of ether oxygens (including phenoxy) is 1. The number of urea groups is 1. The molecule has 1 heterocycles. The number of carbonyl (C=O) groups excluding carboxylic acids is 2. The topological polar surface area (TPSA) is 72.4 Å². The third kappa shape index (κ3) is 4.50. The molecule has 6 nitrogen and oxygen atoms in total. The van der Waals surface area contributed by atoms with E-state index in [2.05, 4.69) is 29.0 Å². The number of esters is 1. The van der Waals surface area contributed by atoms with E-state index in [1.807, 2.05) is 37.4 Å². The van der Waals surface area contributed by atoms with E-state index in [0.717, 1.165) is 17.4 Å². The number of amides is 2. The van der Waals surface area contributed by atoms with Gasteiger partial charge in [-0.05, 0) is 18.9 Å². The normalized spacial score (nSPS) is 10.8. The lowest BCUT2D eigenvalue weighted by Crippen LogP contribution is -2.37. The molecule has 0 aliphatic rings. The van der Waals surface area contributed by atoms with Gasteiger partial charge in [-0.1, -0.05) is 32.0 Å². The Bertz CT molecular complexity index is 707. The van der Waals surface area contributed by atoms with Crippen molar-refractivity contribution in [2.24, 2.45) is 5.92 Å². The van der Waals surface area contributed by atoms with Gasteiger partial charge in [0.25, 0.3) is 0 Å². The molecule has 0 bridgehead atoms. The number of aromatic nitrogens is 1. The largest absolute Gasteiger partial charge is 0.460 e. The highest BCUT2D eigenvalue weighted by molar-refractivity contribution is 6.04. The minimum atomic E-state index is -0.369. The van der Waals surface area contributed by atoms with E-state index in [1.54, 1.807) is 0 Å². The Morgan fingerprint density at radius 3 is 2.67 bits per heavy atom. The number of rotatable bonds is 7. The summed E-state index contributed by atoms with van der Waals surface area (Å²) in [7, 11) is 0. The Kier molecular flexibility index (Phi) is 6.23. The number of para-hydroxylation sites is 1. The van der Waals surface area contributed by atoms with Crippen molar-refractivity contribution >= 4 is 22.9 Å². The Hall–Kier alpha value is -2.50. The Labute approximate surface area is 142 Å². The summed E-state index contributed by atoms with van der Waals surface area (Å²) in [5.41, 5.74) is 1.59. The Morgan fingerprint density at radius 1 is 1.21 bits per heavy atom. The Balaban J connectivity index is 2.03. The molecular formula is C18H25N3O3. The van der Waals surface area contributed by atoms with Crippen molar-refractivity contribution in [2.75, 3.05) is 19.7 Å². The number of carbonyl (C=O) groups is 2. The number of benzene rings is 1. The van der Waals surface area contributed by atoms with Crippen LogP contribution in [0.5, 0.6) is 0 Å². The number of fused-ring (bicyclic) bond motifs is 1. The van der Waals surface area contributed by atoms with Crippen LogP contribution in [0.3, 0.4) is 0 Å². The van der Waals surface area contributed by atoms with Crippen LogP contribution in [0.15, 0.2) is 30.5 Å². The van der Waals surface area contributed by atoms with Crippen molar-refractivity contribution in [1.29, 1.82) is 0 Å². The first-order valence-corrected chi connectivity index (χ1v) is 8.29. The number of nitrogens with one attached hydrogen (secondary N) is 2. The van der Waals surface area contributed by atoms with E-state index in [4.69, 9.17) is 4.74 Å². The van der Waals surface area contributed by atoms with Crippen LogP contribution in [-0.4, -0.2) is 36.3 Å². The molecule has 0 aliphatic heterocycles. The van der Waals surface area contributed by atoms with Crippen LogP contribution in [0.25, 0.3) is 10.9 Å². The highest BCUT2D eigenvalue weighted by atomic mass is 16.5. The zero-order chi connectivity index (χ0) is 17.5. The number of nitrogens with zero attached hydrogens (tertiary/aromatic N) is 1. The van der Waals surface area contributed by atoms with E-state index in [0.29, 0.717) is 18.0 Å². The first-order chi connectivity index (χ1) is 11.5. The molecule has 6 heteroatoms. The summed E-state index contributed by atoms with van der Waals surface area (Å²) >= 11 is 0. The van der Waals surface area contributed by atoms with Gasteiger partial charge in [0.15, 0.2) is 0 Å². The monoisotopic (exact) mass is 331 g/mol. The van der Waals surface area contributed by atoms with Crippen molar-refractivity contribution in [3.8, 4) is 0 Å². The second-order valence-corrected chi connectivity index (χ2v) is 6.03. The summed E-state index contributed by atoms with van der Waals surface area (Å²) in [4.78, 5) is 23.6. The second-order valence-electron chi connectivity index (χ2n) is 6.03. The van der Waals surface area contributed by atoms with Crippen LogP contribution in [0, 0.1) is 5.92 Å². The third-order valence-electron chi connectivity index (χ3n) is 3.53. The summed E-state index contributed by atoms with van der Waals surface area (Å²) in [5, 5.41) is 6.13. The maximum Gasteiger partial charge on any atom is 0.340 e. The molecule has 0 aliphatic carbocycles. The standard InChI is InChI=1S/C18H25N3O3/c1-4-19-18(23)20-9-10-24-17(22)15-12-21(11-13(2)3)16-8-6-5-7-14(15)16/h5-8,12-13H,4,9-11H2,1-3H3,(H2,19,20,23). The van der Waals surface area contributed by atoms with Crippen molar-refractivity contribution in [2.45, 2.75) is 27.3 Å².